The van der Waals surface area contributed by atoms with Crippen LogP contribution in [0.1, 0.15) is 24.2 Å². The van der Waals surface area contributed by atoms with Crippen molar-refractivity contribution in [3.8, 4) is 12.3 Å². The van der Waals surface area contributed by atoms with E-state index in [4.69, 9.17) is 6.42 Å². The van der Waals surface area contributed by atoms with Gasteiger partial charge in [-0.1, -0.05) is 42.7 Å². The quantitative estimate of drug-likeness (QED) is 0.762. The third kappa shape index (κ3) is 3.69. The first-order chi connectivity index (χ1) is 7.67. The number of benzene rings is 1. The minimum Gasteiger partial charge on any atom is -0.387 e. The van der Waals surface area contributed by atoms with E-state index in [-0.39, 0.29) is 0 Å². The Morgan fingerprint density at radius 1 is 1.38 bits per heavy atom. The number of likely N-dealkylation sites (N-methyl/N-ethyl adjacent to an activating group) is 1. The fourth-order valence-electron chi connectivity index (χ4n) is 1.57. The van der Waals surface area contributed by atoms with Crippen LogP contribution in [0.3, 0.4) is 0 Å². The summed E-state index contributed by atoms with van der Waals surface area (Å²) in [5.74, 6) is 2.60. The molecule has 0 aliphatic carbocycles. The van der Waals surface area contributed by atoms with Crippen LogP contribution < -0.4 is 0 Å². The van der Waals surface area contributed by atoms with Crippen molar-refractivity contribution in [2.75, 3.05) is 19.6 Å². The molecule has 0 spiro atoms. The highest BCUT2D eigenvalue weighted by Gasteiger charge is 2.11. The lowest BCUT2D eigenvalue weighted by atomic mass is 10.1. The number of aryl methyl sites for hydroxylation is 1. The SMILES string of the molecule is C#CCN(CC)C[C@H](O)c1ccc(C)cc1. The third-order valence-electron chi connectivity index (χ3n) is 2.66. The molecule has 1 aromatic carbocycles. The second kappa shape index (κ2) is 6.32. The van der Waals surface area contributed by atoms with Crippen LogP contribution in [0.2, 0.25) is 0 Å². The summed E-state index contributed by atoms with van der Waals surface area (Å²) < 4.78 is 0. The molecule has 0 saturated heterocycles. The maximum absolute atomic E-state index is 10.0. The molecule has 1 atom stereocenters. The maximum atomic E-state index is 10.0. The number of hydrogen-bond donors (Lipinski definition) is 1. The lowest BCUT2D eigenvalue weighted by Gasteiger charge is -2.21. The Balaban J connectivity index is 2.60. The summed E-state index contributed by atoms with van der Waals surface area (Å²) in [6.07, 6.45) is 4.80. The van der Waals surface area contributed by atoms with Gasteiger partial charge in [0.05, 0.1) is 12.6 Å². The van der Waals surface area contributed by atoms with Gasteiger partial charge in [0, 0.05) is 6.54 Å². The van der Waals surface area contributed by atoms with Crippen LogP contribution in [0.5, 0.6) is 0 Å². The van der Waals surface area contributed by atoms with E-state index in [0.717, 1.165) is 12.1 Å². The topological polar surface area (TPSA) is 23.5 Å². The second-order valence-electron chi connectivity index (χ2n) is 3.96. The molecule has 0 fully saturated rings. The fourth-order valence-corrected chi connectivity index (χ4v) is 1.57. The normalized spacial score (nSPS) is 12.4. The summed E-state index contributed by atoms with van der Waals surface area (Å²) in [5, 5.41) is 10.0. The van der Waals surface area contributed by atoms with Gasteiger partial charge in [0.15, 0.2) is 0 Å². The smallest absolute Gasteiger partial charge is 0.0917 e. The highest BCUT2D eigenvalue weighted by molar-refractivity contribution is 5.23. The van der Waals surface area contributed by atoms with Gasteiger partial charge in [-0.2, -0.15) is 0 Å². The Morgan fingerprint density at radius 3 is 2.50 bits per heavy atom. The van der Waals surface area contributed by atoms with Gasteiger partial charge < -0.3 is 5.11 Å². The largest absolute Gasteiger partial charge is 0.387 e. The summed E-state index contributed by atoms with van der Waals surface area (Å²) in [4.78, 5) is 2.05. The molecule has 0 saturated carbocycles. The summed E-state index contributed by atoms with van der Waals surface area (Å²) >= 11 is 0. The maximum Gasteiger partial charge on any atom is 0.0917 e. The van der Waals surface area contributed by atoms with Gasteiger partial charge in [-0.25, -0.2) is 0 Å². The van der Waals surface area contributed by atoms with Gasteiger partial charge >= 0.3 is 0 Å². The second-order valence-corrected chi connectivity index (χ2v) is 3.96. The third-order valence-corrected chi connectivity index (χ3v) is 2.66. The van der Waals surface area contributed by atoms with Gasteiger partial charge in [-0.05, 0) is 19.0 Å². The Morgan fingerprint density at radius 2 is 2.00 bits per heavy atom. The van der Waals surface area contributed by atoms with Crippen LogP contribution >= 0.6 is 0 Å². The lowest BCUT2D eigenvalue weighted by Crippen LogP contribution is -2.28. The average Bonchev–Trinajstić information content (AvgIpc) is 2.29. The Kier molecular flexibility index (Phi) is 5.04. The van der Waals surface area contributed by atoms with Gasteiger partial charge in [-0.15, -0.1) is 6.42 Å². The van der Waals surface area contributed by atoms with Crippen molar-refractivity contribution in [1.29, 1.82) is 0 Å². The van der Waals surface area contributed by atoms with E-state index in [0.29, 0.717) is 13.1 Å². The zero-order valence-corrected chi connectivity index (χ0v) is 9.98. The minimum absolute atomic E-state index is 0.464. The average molecular weight is 217 g/mol. The van der Waals surface area contributed by atoms with Crippen LogP contribution in [0.4, 0.5) is 0 Å². The van der Waals surface area contributed by atoms with Gasteiger partial charge in [0.25, 0.3) is 0 Å². The number of nitrogens with zero attached hydrogens (tertiary/aromatic N) is 1. The molecule has 2 nitrogen and oxygen atoms in total. The molecule has 1 rings (SSSR count). The molecule has 16 heavy (non-hydrogen) atoms. The van der Waals surface area contributed by atoms with Crippen molar-refractivity contribution in [1.82, 2.24) is 4.90 Å². The predicted octanol–water partition coefficient (Wildman–Crippen LogP) is 1.98. The van der Waals surface area contributed by atoms with Crippen LogP contribution in [0.15, 0.2) is 24.3 Å². The molecule has 1 N–H and O–H groups in total. The molecular weight excluding hydrogens is 198 g/mol. The van der Waals surface area contributed by atoms with Crippen LogP contribution in [0.25, 0.3) is 0 Å². The molecule has 86 valence electrons. The number of aliphatic hydroxyl groups excluding tert-OH is 1. The Bertz CT molecular complexity index is 350. The van der Waals surface area contributed by atoms with Crippen molar-refractivity contribution in [2.24, 2.45) is 0 Å². The standard InChI is InChI=1S/C14H19NO/c1-4-10-15(5-2)11-14(16)13-8-6-12(3)7-9-13/h1,6-9,14,16H,5,10-11H2,2-3H3/t14-/m0/s1. The molecule has 0 amide bonds. The first kappa shape index (κ1) is 12.8. The van der Waals surface area contributed by atoms with Crippen molar-refractivity contribution in [3.63, 3.8) is 0 Å². The number of rotatable bonds is 5. The molecule has 0 aliphatic heterocycles. The zero-order chi connectivity index (χ0) is 12.0. The summed E-state index contributed by atoms with van der Waals surface area (Å²) in [6.45, 7) is 6.10. The predicted molar refractivity (Wildman–Crippen MR) is 67.1 cm³/mol. The van der Waals surface area contributed by atoms with E-state index < -0.39 is 6.10 Å². The Labute approximate surface area is 97.9 Å². The van der Waals surface area contributed by atoms with Crippen molar-refractivity contribution in [3.05, 3.63) is 35.4 Å². The number of hydrogen-bond acceptors (Lipinski definition) is 2. The molecule has 2 heteroatoms. The summed E-state index contributed by atoms with van der Waals surface area (Å²) in [5.41, 5.74) is 2.15. The van der Waals surface area contributed by atoms with E-state index in [1.165, 1.54) is 5.56 Å². The van der Waals surface area contributed by atoms with Crippen LogP contribution in [-0.4, -0.2) is 29.6 Å². The fraction of sp³-hybridized carbons (Fsp3) is 0.429. The van der Waals surface area contributed by atoms with Gasteiger partial charge in [0.1, 0.15) is 0 Å². The van der Waals surface area contributed by atoms with E-state index in [9.17, 15) is 5.11 Å². The molecule has 1 aromatic rings. The van der Waals surface area contributed by atoms with Crippen LogP contribution in [-0.2, 0) is 0 Å². The first-order valence-electron chi connectivity index (χ1n) is 5.57. The van der Waals surface area contributed by atoms with E-state index in [1.54, 1.807) is 0 Å². The highest BCUT2D eigenvalue weighted by Crippen LogP contribution is 2.14. The number of aliphatic hydroxyl groups is 1. The van der Waals surface area contributed by atoms with Gasteiger partial charge in [0.2, 0.25) is 0 Å². The first-order valence-corrected chi connectivity index (χ1v) is 5.57. The van der Waals surface area contributed by atoms with E-state index in [2.05, 4.69) is 5.92 Å². The molecule has 0 aliphatic rings. The lowest BCUT2D eigenvalue weighted by molar-refractivity contribution is 0.123. The van der Waals surface area contributed by atoms with Crippen molar-refractivity contribution >= 4 is 0 Å². The highest BCUT2D eigenvalue weighted by atomic mass is 16.3. The minimum atomic E-state index is -0.464. The van der Waals surface area contributed by atoms with E-state index in [1.807, 2.05) is 43.0 Å². The zero-order valence-electron chi connectivity index (χ0n) is 9.98. The number of terminal acetylenes is 1. The van der Waals surface area contributed by atoms with E-state index >= 15 is 0 Å². The molecule has 0 radical (unpaired) electrons. The molecule has 0 unspecified atom stereocenters. The van der Waals surface area contributed by atoms with Crippen molar-refractivity contribution in [2.45, 2.75) is 20.0 Å². The van der Waals surface area contributed by atoms with Crippen LogP contribution in [0, 0.1) is 19.3 Å². The summed E-state index contributed by atoms with van der Waals surface area (Å²) in [7, 11) is 0. The van der Waals surface area contributed by atoms with Crippen molar-refractivity contribution < 1.29 is 5.11 Å². The summed E-state index contributed by atoms with van der Waals surface area (Å²) in [6, 6.07) is 7.94. The molecule has 0 aromatic heterocycles. The molecule has 0 heterocycles. The van der Waals surface area contributed by atoms with Gasteiger partial charge in [-0.3, -0.25) is 4.90 Å². The molecule has 0 bridgehead atoms. The Hall–Kier alpha value is -1.30. The monoisotopic (exact) mass is 217 g/mol. The molecular formula is C14H19NO.